The summed E-state index contributed by atoms with van der Waals surface area (Å²) in [5.74, 6) is 7.88. The molecule has 2 saturated carbocycles. The number of carbonyl (C=O) groups is 1. The molecule has 4 unspecified atom stereocenters. The normalized spacial score (nSPS) is 33.1. The number of hydrazine groups is 1. The first kappa shape index (κ1) is 12.8. The molecule has 1 amide bonds. The van der Waals surface area contributed by atoms with Crippen molar-refractivity contribution in [2.45, 2.75) is 32.6 Å². The molecule has 4 atom stereocenters. The highest BCUT2D eigenvalue weighted by Gasteiger charge is 2.39. The van der Waals surface area contributed by atoms with Gasteiger partial charge in [-0.3, -0.25) is 10.2 Å². The summed E-state index contributed by atoms with van der Waals surface area (Å²) >= 11 is 0. The molecule has 98 valence electrons. The monoisotopic (exact) mass is 239 g/mol. The van der Waals surface area contributed by atoms with E-state index in [1.54, 1.807) is 0 Å². The molecule has 0 spiro atoms. The van der Waals surface area contributed by atoms with Gasteiger partial charge in [0.15, 0.2) is 0 Å². The molecule has 0 heterocycles. The van der Waals surface area contributed by atoms with Gasteiger partial charge in [-0.15, -0.1) is 0 Å². The molecule has 3 N–H and O–H groups in total. The van der Waals surface area contributed by atoms with Crippen molar-refractivity contribution in [2.24, 2.45) is 29.5 Å². The zero-order valence-electron chi connectivity index (χ0n) is 11.0. The Morgan fingerprint density at radius 2 is 2.24 bits per heavy atom. The van der Waals surface area contributed by atoms with Crippen LogP contribution in [-0.2, 0) is 4.79 Å². The lowest BCUT2D eigenvalue weighted by atomic mass is 9.88. The molecular formula is C13H25N3O. The van der Waals surface area contributed by atoms with Crippen molar-refractivity contribution in [3.63, 3.8) is 0 Å². The largest absolute Gasteiger partial charge is 0.305 e. The quantitative estimate of drug-likeness (QED) is 0.427. The number of hydrogen-bond acceptors (Lipinski definition) is 3. The van der Waals surface area contributed by atoms with Gasteiger partial charge in [0.1, 0.15) is 0 Å². The van der Waals surface area contributed by atoms with E-state index in [1.807, 2.05) is 6.92 Å². The molecular weight excluding hydrogens is 214 g/mol. The number of nitrogens with zero attached hydrogens (tertiary/aromatic N) is 1. The predicted molar refractivity (Wildman–Crippen MR) is 67.9 cm³/mol. The van der Waals surface area contributed by atoms with Crippen LogP contribution in [-0.4, -0.2) is 30.9 Å². The topological polar surface area (TPSA) is 58.4 Å². The molecule has 0 saturated heterocycles. The van der Waals surface area contributed by atoms with Gasteiger partial charge >= 0.3 is 0 Å². The second kappa shape index (κ2) is 5.36. The highest BCUT2D eigenvalue weighted by molar-refractivity contribution is 5.77. The van der Waals surface area contributed by atoms with Crippen LogP contribution in [0.3, 0.4) is 0 Å². The van der Waals surface area contributed by atoms with E-state index in [0.29, 0.717) is 0 Å². The van der Waals surface area contributed by atoms with E-state index >= 15 is 0 Å². The number of fused-ring (bicyclic) bond motifs is 2. The Balaban J connectivity index is 1.74. The Kier molecular flexibility index (Phi) is 4.05. The van der Waals surface area contributed by atoms with Crippen LogP contribution in [0.2, 0.25) is 0 Å². The van der Waals surface area contributed by atoms with Crippen LogP contribution in [0.15, 0.2) is 0 Å². The lowest BCUT2D eigenvalue weighted by Gasteiger charge is -2.28. The first-order valence-corrected chi connectivity index (χ1v) is 6.79. The van der Waals surface area contributed by atoms with Crippen LogP contribution >= 0.6 is 0 Å². The van der Waals surface area contributed by atoms with Gasteiger partial charge in [-0.2, -0.15) is 0 Å². The molecule has 2 aliphatic carbocycles. The maximum atomic E-state index is 11.3. The lowest BCUT2D eigenvalue weighted by molar-refractivity contribution is -0.125. The maximum absolute atomic E-state index is 11.3. The zero-order chi connectivity index (χ0) is 12.4. The molecule has 2 fully saturated rings. The molecule has 0 aromatic rings. The summed E-state index contributed by atoms with van der Waals surface area (Å²) < 4.78 is 0. The van der Waals surface area contributed by atoms with Gasteiger partial charge in [0, 0.05) is 19.0 Å². The Labute approximate surface area is 104 Å². The summed E-state index contributed by atoms with van der Waals surface area (Å²) in [5.41, 5.74) is 2.23. The van der Waals surface area contributed by atoms with Gasteiger partial charge < -0.3 is 4.90 Å². The minimum Gasteiger partial charge on any atom is -0.305 e. The fraction of sp³-hybridized carbons (Fsp3) is 0.923. The van der Waals surface area contributed by atoms with Crippen molar-refractivity contribution >= 4 is 5.91 Å². The summed E-state index contributed by atoms with van der Waals surface area (Å²) in [5, 5.41) is 0. The number of nitrogens with one attached hydrogen (secondary N) is 1. The van der Waals surface area contributed by atoms with Crippen LogP contribution in [0.5, 0.6) is 0 Å². The summed E-state index contributed by atoms with van der Waals surface area (Å²) in [6.45, 7) is 3.87. The van der Waals surface area contributed by atoms with Crippen molar-refractivity contribution in [1.82, 2.24) is 10.3 Å². The number of hydrogen-bond donors (Lipinski definition) is 2. The minimum atomic E-state index is -0.0650. The van der Waals surface area contributed by atoms with Gasteiger partial charge in [-0.05, 0) is 44.1 Å². The van der Waals surface area contributed by atoms with E-state index in [4.69, 9.17) is 5.84 Å². The molecule has 4 heteroatoms. The number of nitrogens with two attached hydrogens (primary N) is 1. The van der Waals surface area contributed by atoms with E-state index in [-0.39, 0.29) is 11.8 Å². The average Bonchev–Trinajstić information content (AvgIpc) is 2.89. The summed E-state index contributed by atoms with van der Waals surface area (Å²) in [4.78, 5) is 13.6. The number of amides is 1. The second-order valence-corrected chi connectivity index (χ2v) is 6.07. The summed E-state index contributed by atoms with van der Waals surface area (Å²) in [7, 11) is 2.12. The van der Waals surface area contributed by atoms with E-state index in [0.717, 1.165) is 30.8 Å². The van der Waals surface area contributed by atoms with Crippen LogP contribution in [0, 0.1) is 23.7 Å². The van der Waals surface area contributed by atoms with Gasteiger partial charge in [0.2, 0.25) is 5.91 Å². The molecule has 0 radical (unpaired) electrons. The molecule has 0 aromatic heterocycles. The Morgan fingerprint density at radius 3 is 2.76 bits per heavy atom. The predicted octanol–water partition coefficient (Wildman–Crippen LogP) is 0.980. The van der Waals surface area contributed by atoms with E-state index < -0.39 is 0 Å². The molecule has 0 aliphatic heterocycles. The molecule has 17 heavy (non-hydrogen) atoms. The standard InChI is InChI=1S/C13H25N3O/c1-9(13(17)15-14)7-16(2)8-12-6-10-3-4-11(12)5-10/h9-12H,3-8,14H2,1-2H3,(H,15,17). The maximum Gasteiger partial charge on any atom is 0.237 e. The van der Waals surface area contributed by atoms with Crippen molar-refractivity contribution < 1.29 is 4.79 Å². The Bertz CT molecular complexity index is 282. The fourth-order valence-corrected chi connectivity index (χ4v) is 3.77. The third-order valence-corrected chi connectivity index (χ3v) is 4.61. The SMILES string of the molecule is CC(CN(C)CC1CC2CCC1C2)C(=O)NN. The second-order valence-electron chi connectivity index (χ2n) is 6.07. The third-order valence-electron chi connectivity index (χ3n) is 4.61. The average molecular weight is 239 g/mol. The molecule has 4 nitrogen and oxygen atoms in total. The summed E-state index contributed by atoms with van der Waals surface area (Å²) in [6.07, 6.45) is 5.75. The van der Waals surface area contributed by atoms with Crippen molar-refractivity contribution in [3.05, 3.63) is 0 Å². The van der Waals surface area contributed by atoms with Crippen LogP contribution in [0.4, 0.5) is 0 Å². The van der Waals surface area contributed by atoms with E-state index in [9.17, 15) is 4.79 Å². The minimum absolute atomic E-state index is 0.0245. The zero-order valence-corrected chi connectivity index (χ0v) is 11.0. The van der Waals surface area contributed by atoms with E-state index in [1.165, 1.54) is 25.7 Å². The molecule has 2 rings (SSSR count). The van der Waals surface area contributed by atoms with Crippen LogP contribution in [0.1, 0.15) is 32.6 Å². The van der Waals surface area contributed by atoms with Crippen LogP contribution in [0.25, 0.3) is 0 Å². The smallest absolute Gasteiger partial charge is 0.237 e. The van der Waals surface area contributed by atoms with Crippen molar-refractivity contribution in [3.8, 4) is 0 Å². The van der Waals surface area contributed by atoms with Crippen molar-refractivity contribution in [2.75, 3.05) is 20.1 Å². The van der Waals surface area contributed by atoms with Gasteiger partial charge in [0.25, 0.3) is 0 Å². The highest BCUT2D eigenvalue weighted by atomic mass is 16.2. The van der Waals surface area contributed by atoms with Gasteiger partial charge in [-0.25, -0.2) is 5.84 Å². The van der Waals surface area contributed by atoms with Crippen molar-refractivity contribution in [1.29, 1.82) is 0 Å². The van der Waals surface area contributed by atoms with E-state index in [2.05, 4.69) is 17.4 Å². The van der Waals surface area contributed by atoms with Gasteiger partial charge in [0.05, 0.1) is 0 Å². The number of rotatable bonds is 5. The molecule has 2 bridgehead atoms. The van der Waals surface area contributed by atoms with Gasteiger partial charge in [-0.1, -0.05) is 13.3 Å². The fourth-order valence-electron chi connectivity index (χ4n) is 3.77. The number of carbonyl (C=O) groups excluding carboxylic acids is 1. The molecule has 0 aromatic carbocycles. The summed E-state index contributed by atoms with van der Waals surface area (Å²) in [6, 6.07) is 0. The third kappa shape index (κ3) is 2.99. The lowest BCUT2D eigenvalue weighted by Crippen LogP contribution is -2.41. The Hall–Kier alpha value is -0.610. The van der Waals surface area contributed by atoms with Crippen LogP contribution < -0.4 is 11.3 Å². The first-order chi connectivity index (χ1) is 8.10. The Morgan fingerprint density at radius 1 is 1.47 bits per heavy atom. The first-order valence-electron chi connectivity index (χ1n) is 6.79. The molecule has 2 aliphatic rings. The highest BCUT2D eigenvalue weighted by Crippen LogP contribution is 2.48.